The van der Waals surface area contributed by atoms with Crippen LogP contribution in [0, 0.1) is 5.82 Å². The van der Waals surface area contributed by atoms with E-state index in [-0.39, 0.29) is 11.8 Å². The summed E-state index contributed by atoms with van der Waals surface area (Å²) in [5.74, 6) is -0.803. The van der Waals surface area contributed by atoms with Gasteiger partial charge in [-0.05, 0) is 49.2 Å². The number of aliphatic hydroxyl groups is 1. The Bertz CT molecular complexity index is 1460. The second kappa shape index (κ2) is 10.6. The highest BCUT2D eigenvalue weighted by Crippen LogP contribution is 2.50. The van der Waals surface area contributed by atoms with Gasteiger partial charge in [0.15, 0.2) is 0 Å². The minimum absolute atomic E-state index is 0.154. The SMILES string of the molecule is CC1(C)NC(=O)c2sc(N3CCOCC3)c(-c3cccc(-c4cc(C(=O)N5CCOCC5)ccc4F)c3)c2C1O. The summed E-state index contributed by atoms with van der Waals surface area (Å²) < 4.78 is 26.2. The number of amides is 2. The summed E-state index contributed by atoms with van der Waals surface area (Å²) in [6.07, 6.45) is -0.934. The Morgan fingerprint density at radius 1 is 1.02 bits per heavy atom. The third-order valence-corrected chi connectivity index (χ3v) is 9.06. The third-order valence-electron chi connectivity index (χ3n) is 7.80. The van der Waals surface area contributed by atoms with Crippen LogP contribution in [-0.2, 0) is 9.47 Å². The highest BCUT2D eigenvalue weighted by molar-refractivity contribution is 7.19. The zero-order chi connectivity index (χ0) is 28.0. The molecule has 2 N–H and O–H groups in total. The molecule has 210 valence electrons. The first kappa shape index (κ1) is 26.9. The van der Waals surface area contributed by atoms with Crippen molar-refractivity contribution in [2.75, 3.05) is 57.5 Å². The minimum Gasteiger partial charge on any atom is -0.386 e. The Morgan fingerprint density at radius 3 is 2.42 bits per heavy atom. The van der Waals surface area contributed by atoms with Crippen molar-refractivity contribution >= 4 is 28.2 Å². The van der Waals surface area contributed by atoms with Crippen molar-refractivity contribution in [3.8, 4) is 22.3 Å². The maximum absolute atomic E-state index is 15.2. The van der Waals surface area contributed by atoms with Crippen molar-refractivity contribution in [3.63, 3.8) is 0 Å². The molecule has 0 aliphatic carbocycles. The van der Waals surface area contributed by atoms with Gasteiger partial charge < -0.3 is 29.7 Å². The summed E-state index contributed by atoms with van der Waals surface area (Å²) in [7, 11) is 0. The lowest BCUT2D eigenvalue weighted by atomic mass is 9.83. The number of thiophene rings is 1. The van der Waals surface area contributed by atoms with Gasteiger partial charge in [-0.1, -0.05) is 18.2 Å². The van der Waals surface area contributed by atoms with Crippen LogP contribution in [0.4, 0.5) is 9.39 Å². The van der Waals surface area contributed by atoms with Crippen molar-refractivity contribution < 1.29 is 28.6 Å². The molecule has 2 amide bonds. The van der Waals surface area contributed by atoms with E-state index in [2.05, 4.69) is 10.2 Å². The number of hydrogen-bond donors (Lipinski definition) is 2. The molecule has 8 nitrogen and oxygen atoms in total. The predicted octanol–water partition coefficient (Wildman–Crippen LogP) is 4.09. The van der Waals surface area contributed by atoms with Crippen LogP contribution in [0.2, 0.25) is 0 Å². The van der Waals surface area contributed by atoms with Crippen LogP contribution in [0.25, 0.3) is 22.3 Å². The first-order chi connectivity index (χ1) is 19.2. The van der Waals surface area contributed by atoms with Crippen molar-refractivity contribution in [2.45, 2.75) is 25.5 Å². The molecule has 1 aromatic heterocycles. The molecule has 3 aromatic rings. The Labute approximate surface area is 236 Å². The highest BCUT2D eigenvalue weighted by atomic mass is 32.1. The van der Waals surface area contributed by atoms with Gasteiger partial charge in [-0.25, -0.2) is 4.39 Å². The van der Waals surface area contributed by atoms with Crippen molar-refractivity contribution in [3.05, 3.63) is 64.3 Å². The van der Waals surface area contributed by atoms with Crippen LogP contribution in [-0.4, -0.2) is 80.0 Å². The molecule has 2 fully saturated rings. The fourth-order valence-corrected chi connectivity index (χ4v) is 6.88. The van der Waals surface area contributed by atoms with E-state index in [4.69, 9.17) is 9.47 Å². The molecule has 0 spiro atoms. The number of hydrogen-bond acceptors (Lipinski definition) is 7. The first-order valence-electron chi connectivity index (χ1n) is 13.5. The van der Waals surface area contributed by atoms with Crippen LogP contribution >= 0.6 is 11.3 Å². The number of anilines is 1. The van der Waals surface area contributed by atoms with Gasteiger partial charge in [-0.15, -0.1) is 11.3 Å². The van der Waals surface area contributed by atoms with E-state index in [1.165, 1.54) is 23.5 Å². The topological polar surface area (TPSA) is 91.3 Å². The zero-order valence-corrected chi connectivity index (χ0v) is 23.4. The first-order valence-corrected chi connectivity index (χ1v) is 14.3. The summed E-state index contributed by atoms with van der Waals surface area (Å²) in [5, 5.41) is 15.3. The number of halogens is 1. The molecular formula is C30H32FN3O5S. The van der Waals surface area contributed by atoms with Crippen molar-refractivity contribution in [1.29, 1.82) is 0 Å². The fourth-order valence-electron chi connectivity index (χ4n) is 5.58. The maximum Gasteiger partial charge on any atom is 0.262 e. The lowest BCUT2D eigenvalue weighted by Gasteiger charge is -2.36. The molecule has 0 radical (unpaired) electrons. The summed E-state index contributed by atoms with van der Waals surface area (Å²) in [6, 6.07) is 11.9. The van der Waals surface area contributed by atoms with Crippen LogP contribution in [0.5, 0.6) is 0 Å². The number of nitrogens with one attached hydrogen (secondary N) is 1. The van der Waals surface area contributed by atoms with Crippen LogP contribution in [0.15, 0.2) is 42.5 Å². The van der Waals surface area contributed by atoms with E-state index in [0.29, 0.717) is 79.7 Å². The number of carbonyl (C=O) groups excluding carboxylic acids is 2. The standard InChI is InChI=1S/C30H32FN3O5S/c1-30(2)26(35)24-23(29(34-10-14-39-15-11-34)40-25(24)27(36)32-30)19-5-3-4-18(16-19)21-17-20(6-7-22(21)31)28(37)33-8-12-38-13-9-33/h3-7,16-17,26,35H,8-15H2,1-2H3,(H,32,36). The number of morpholine rings is 2. The summed E-state index contributed by atoms with van der Waals surface area (Å²) in [4.78, 5) is 30.7. The quantitative estimate of drug-likeness (QED) is 0.496. The summed E-state index contributed by atoms with van der Waals surface area (Å²) >= 11 is 1.37. The monoisotopic (exact) mass is 565 g/mol. The molecule has 6 rings (SSSR count). The van der Waals surface area contributed by atoms with Gasteiger partial charge >= 0.3 is 0 Å². The zero-order valence-electron chi connectivity index (χ0n) is 22.5. The Hall–Kier alpha value is -3.31. The van der Waals surface area contributed by atoms with E-state index in [9.17, 15) is 14.7 Å². The molecule has 10 heteroatoms. The molecule has 0 bridgehead atoms. The Morgan fingerprint density at radius 2 is 1.70 bits per heavy atom. The lowest BCUT2D eigenvalue weighted by molar-refractivity contribution is 0.0303. The average Bonchev–Trinajstić information content (AvgIpc) is 3.38. The van der Waals surface area contributed by atoms with Gasteiger partial charge in [0.1, 0.15) is 21.8 Å². The third kappa shape index (κ3) is 4.79. The van der Waals surface area contributed by atoms with E-state index in [1.807, 2.05) is 24.3 Å². The van der Waals surface area contributed by atoms with Gasteiger partial charge in [0, 0.05) is 48.4 Å². The van der Waals surface area contributed by atoms with Crippen molar-refractivity contribution in [1.82, 2.24) is 10.2 Å². The molecule has 2 saturated heterocycles. The maximum atomic E-state index is 15.2. The van der Waals surface area contributed by atoms with Crippen molar-refractivity contribution in [2.24, 2.45) is 0 Å². The second-order valence-corrected chi connectivity index (χ2v) is 11.9. The van der Waals surface area contributed by atoms with Gasteiger partial charge in [-0.3, -0.25) is 9.59 Å². The molecule has 1 unspecified atom stereocenters. The van der Waals surface area contributed by atoms with Crippen LogP contribution < -0.4 is 10.2 Å². The molecule has 3 aliphatic heterocycles. The molecular weight excluding hydrogens is 533 g/mol. The highest BCUT2D eigenvalue weighted by Gasteiger charge is 2.43. The number of rotatable bonds is 4. The summed E-state index contributed by atoms with van der Waals surface area (Å²) in [6.45, 7) is 8.03. The number of benzene rings is 2. The smallest absolute Gasteiger partial charge is 0.262 e. The van der Waals surface area contributed by atoms with E-state index in [0.717, 1.165) is 16.1 Å². The average molecular weight is 566 g/mol. The molecule has 40 heavy (non-hydrogen) atoms. The normalized spacial score (nSPS) is 20.7. The molecule has 0 saturated carbocycles. The number of aliphatic hydroxyl groups excluding tert-OH is 1. The molecule has 1 atom stereocenters. The molecule has 4 heterocycles. The van der Waals surface area contributed by atoms with Gasteiger partial charge in [-0.2, -0.15) is 0 Å². The number of nitrogens with zero attached hydrogens (tertiary/aromatic N) is 2. The summed E-state index contributed by atoms with van der Waals surface area (Å²) in [5.41, 5.74) is 2.62. The van der Waals surface area contributed by atoms with Crippen LogP contribution in [0.3, 0.4) is 0 Å². The molecule has 3 aliphatic rings. The van der Waals surface area contributed by atoms with Gasteiger partial charge in [0.25, 0.3) is 11.8 Å². The second-order valence-electron chi connectivity index (χ2n) is 10.9. The largest absolute Gasteiger partial charge is 0.386 e. The number of carbonyl (C=O) groups is 2. The van der Waals surface area contributed by atoms with E-state index >= 15 is 4.39 Å². The predicted molar refractivity (Wildman–Crippen MR) is 151 cm³/mol. The van der Waals surface area contributed by atoms with Gasteiger partial charge in [0.05, 0.1) is 32.0 Å². The van der Waals surface area contributed by atoms with Crippen LogP contribution in [0.1, 0.15) is 45.5 Å². The van der Waals surface area contributed by atoms with E-state index < -0.39 is 17.5 Å². The fraction of sp³-hybridized carbons (Fsp3) is 0.400. The van der Waals surface area contributed by atoms with Gasteiger partial charge in [0.2, 0.25) is 0 Å². The number of ether oxygens (including phenoxy) is 2. The minimum atomic E-state index is -0.934. The van der Waals surface area contributed by atoms with E-state index in [1.54, 1.807) is 24.8 Å². The molecule has 2 aromatic carbocycles. The lowest BCUT2D eigenvalue weighted by Crippen LogP contribution is -2.51. The Kier molecular flexibility index (Phi) is 7.12. The number of fused-ring (bicyclic) bond motifs is 1. The Balaban J connectivity index is 1.45.